The second-order valence-corrected chi connectivity index (χ2v) is 5.21. The monoisotopic (exact) mass is 289 g/mol. The average Bonchev–Trinajstić information content (AvgIpc) is 2.36. The first kappa shape index (κ1) is 15.1. The van der Waals surface area contributed by atoms with E-state index in [2.05, 4.69) is 0 Å². The third-order valence-electron chi connectivity index (χ3n) is 2.10. The van der Waals surface area contributed by atoms with Gasteiger partial charge in [-0.15, -0.1) is 23.4 Å². The normalized spacial score (nSPS) is 10.3. The Hall–Kier alpha value is -0.940. The van der Waals surface area contributed by atoms with Crippen LogP contribution in [0, 0.1) is 10.1 Å². The van der Waals surface area contributed by atoms with Crippen LogP contribution in [0.4, 0.5) is 5.69 Å². The number of non-ortho nitro benzene ring substituents is 1. The summed E-state index contributed by atoms with van der Waals surface area (Å²) in [7, 11) is 0. The van der Waals surface area contributed by atoms with E-state index in [1.807, 2.05) is 13.0 Å². The van der Waals surface area contributed by atoms with E-state index in [1.165, 1.54) is 6.07 Å². The Morgan fingerprint density at radius 2 is 2.22 bits per heavy atom. The zero-order valence-corrected chi connectivity index (χ0v) is 11.8. The molecule has 0 amide bonds. The highest BCUT2D eigenvalue weighted by molar-refractivity contribution is 7.99. The molecule has 1 aromatic rings. The lowest BCUT2D eigenvalue weighted by molar-refractivity contribution is -0.385. The molecule has 0 spiro atoms. The zero-order chi connectivity index (χ0) is 13.4. The Bertz CT molecular complexity index is 401. The molecule has 1 rings (SSSR count). The summed E-state index contributed by atoms with van der Waals surface area (Å²) in [6.45, 7) is 2.56. The molecule has 18 heavy (non-hydrogen) atoms. The minimum atomic E-state index is -0.398. The fourth-order valence-electron chi connectivity index (χ4n) is 1.29. The Labute approximate surface area is 116 Å². The summed E-state index contributed by atoms with van der Waals surface area (Å²) in [6.07, 6.45) is 1.75. The smallest absolute Gasteiger partial charge is 0.274 e. The van der Waals surface area contributed by atoms with Crippen molar-refractivity contribution in [1.29, 1.82) is 0 Å². The second-order valence-electron chi connectivity index (χ2n) is 3.66. The minimum absolute atomic E-state index is 0.0666. The molecule has 4 nitrogen and oxygen atoms in total. The SMILES string of the molecule is CCCOc1cc(SCCCCl)cc([N+](=O)[O-])c1. The first-order valence-electron chi connectivity index (χ1n) is 5.78. The van der Waals surface area contributed by atoms with Crippen LogP contribution in [0.1, 0.15) is 19.8 Å². The van der Waals surface area contributed by atoms with Crippen molar-refractivity contribution in [3.63, 3.8) is 0 Å². The quantitative estimate of drug-likeness (QED) is 0.238. The fourth-order valence-corrected chi connectivity index (χ4v) is 2.51. The van der Waals surface area contributed by atoms with Gasteiger partial charge in [-0.1, -0.05) is 6.92 Å². The summed E-state index contributed by atoms with van der Waals surface area (Å²) in [5.74, 6) is 2.00. The number of benzene rings is 1. The first-order valence-corrected chi connectivity index (χ1v) is 7.30. The van der Waals surface area contributed by atoms with Gasteiger partial charge in [0.15, 0.2) is 0 Å². The van der Waals surface area contributed by atoms with Crippen LogP contribution in [0.25, 0.3) is 0 Å². The molecule has 0 aliphatic carbocycles. The molecule has 0 aromatic heterocycles. The lowest BCUT2D eigenvalue weighted by atomic mass is 10.3. The number of rotatable bonds is 8. The van der Waals surface area contributed by atoms with Gasteiger partial charge >= 0.3 is 0 Å². The van der Waals surface area contributed by atoms with Crippen molar-refractivity contribution in [2.75, 3.05) is 18.2 Å². The number of thioether (sulfide) groups is 1. The number of hydrogen-bond donors (Lipinski definition) is 0. The highest BCUT2D eigenvalue weighted by atomic mass is 35.5. The molecule has 0 aliphatic heterocycles. The van der Waals surface area contributed by atoms with Crippen molar-refractivity contribution in [2.45, 2.75) is 24.7 Å². The summed E-state index contributed by atoms with van der Waals surface area (Å²) in [6, 6.07) is 4.86. The molecule has 6 heteroatoms. The molecule has 0 atom stereocenters. The van der Waals surface area contributed by atoms with Gasteiger partial charge in [-0.2, -0.15) is 0 Å². The van der Waals surface area contributed by atoms with Crippen LogP contribution in [-0.2, 0) is 0 Å². The van der Waals surface area contributed by atoms with Crippen LogP contribution in [-0.4, -0.2) is 23.2 Å². The third kappa shape index (κ3) is 5.14. The van der Waals surface area contributed by atoms with Crippen molar-refractivity contribution in [1.82, 2.24) is 0 Å². The van der Waals surface area contributed by atoms with Crippen molar-refractivity contribution in [3.05, 3.63) is 28.3 Å². The van der Waals surface area contributed by atoms with E-state index in [4.69, 9.17) is 16.3 Å². The fraction of sp³-hybridized carbons (Fsp3) is 0.500. The maximum Gasteiger partial charge on any atom is 0.274 e. The lowest BCUT2D eigenvalue weighted by Crippen LogP contribution is -1.97. The molecular formula is C12H16ClNO3S. The van der Waals surface area contributed by atoms with E-state index < -0.39 is 4.92 Å². The van der Waals surface area contributed by atoms with Gasteiger partial charge in [0, 0.05) is 16.8 Å². The molecule has 0 radical (unpaired) electrons. The molecule has 1 aromatic carbocycles. The van der Waals surface area contributed by atoms with E-state index in [9.17, 15) is 10.1 Å². The van der Waals surface area contributed by atoms with Gasteiger partial charge in [-0.25, -0.2) is 0 Å². The van der Waals surface area contributed by atoms with Crippen molar-refractivity contribution in [3.8, 4) is 5.75 Å². The Kier molecular flexibility index (Phi) is 6.90. The summed E-state index contributed by atoms with van der Waals surface area (Å²) >= 11 is 7.16. The number of nitro groups is 1. The second kappa shape index (κ2) is 8.21. The van der Waals surface area contributed by atoms with Gasteiger partial charge in [0.1, 0.15) is 5.75 Å². The third-order valence-corrected chi connectivity index (χ3v) is 3.42. The van der Waals surface area contributed by atoms with Gasteiger partial charge in [0.2, 0.25) is 0 Å². The predicted molar refractivity (Wildman–Crippen MR) is 74.9 cm³/mol. The molecule has 0 heterocycles. The van der Waals surface area contributed by atoms with E-state index >= 15 is 0 Å². The van der Waals surface area contributed by atoms with Gasteiger partial charge in [-0.3, -0.25) is 10.1 Å². The maximum absolute atomic E-state index is 10.8. The number of nitro benzene ring substituents is 1. The average molecular weight is 290 g/mol. The summed E-state index contributed by atoms with van der Waals surface area (Å²) in [4.78, 5) is 11.3. The number of halogens is 1. The highest BCUT2D eigenvalue weighted by Gasteiger charge is 2.10. The largest absolute Gasteiger partial charge is 0.493 e. The molecule has 100 valence electrons. The van der Waals surface area contributed by atoms with Crippen LogP contribution in [0.2, 0.25) is 0 Å². The van der Waals surface area contributed by atoms with E-state index in [0.717, 1.165) is 23.5 Å². The van der Waals surface area contributed by atoms with Crippen LogP contribution < -0.4 is 4.74 Å². The zero-order valence-electron chi connectivity index (χ0n) is 10.2. The van der Waals surface area contributed by atoms with Gasteiger partial charge in [0.05, 0.1) is 17.6 Å². The van der Waals surface area contributed by atoms with Gasteiger partial charge < -0.3 is 4.74 Å². The Morgan fingerprint density at radius 1 is 1.44 bits per heavy atom. The van der Waals surface area contributed by atoms with Crippen LogP contribution in [0.3, 0.4) is 0 Å². The maximum atomic E-state index is 10.8. The molecule has 0 saturated carbocycles. The highest BCUT2D eigenvalue weighted by Crippen LogP contribution is 2.29. The van der Waals surface area contributed by atoms with Crippen molar-refractivity contribution in [2.24, 2.45) is 0 Å². The van der Waals surface area contributed by atoms with Crippen LogP contribution in [0.15, 0.2) is 23.1 Å². The molecular weight excluding hydrogens is 274 g/mol. The summed E-state index contributed by atoms with van der Waals surface area (Å²) in [5.41, 5.74) is 0.0666. The molecule has 0 fully saturated rings. The van der Waals surface area contributed by atoms with E-state index in [-0.39, 0.29) is 5.69 Å². The van der Waals surface area contributed by atoms with Crippen LogP contribution >= 0.6 is 23.4 Å². The lowest BCUT2D eigenvalue weighted by Gasteiger charge is -2.07. The van der Waals surface area contributed by atoms with E-state index in [0.29, 0.717) is 18.2 Å². The molecule has 0 saturated heterocycles. The topological polar surface area (TPSA) is 52.4 Å². The molecule has 0 bridgehead atoms. The first-order chi connectivity index (χ1) is 8.67. The number of ether oxygens (including phenoxy) is 1. The molecule has 0 N–H and O–H groups in total. The Balaban J connectivity index is 2.80. The molecule has 0 aliphatic rings. The number of hydrogen-bond acceptors (Lipinski definition) is 4. The standard InChI is InChI=1S/C12H16ClNO3S/c1-2-5-17-11-7-10(14(15)16)8-12(9-11)18-6-3-4-13/h7-9H,2-6H2,1H3. The van der Waals surface area contributed by atoms with Gasteiger partial charge in [0.25, 0.3) is 5.69 Å². The minimum Gasteiger partial charge on any atom is -0.493 e. The Morgan fingerprint density at radius 3 is 2.83 bits per heavy atom. The predicted octanol–water partition coefficient (Wildman–Crippen LogP) is 4.10. The summed E-state index contributed by atoms with van der Waals surface area (Å²) < 4.78 is 5.45. The van der Waals surface area contributed by atoms with Crippen LogP contribution in [0.5, 0.6) is 5.75 Å². The van der Waals surface area contributed by atoms with Crippen molar-refractivity contribution >= 4 is 29.1 Å². The number of alkyl halides is 1. The van der Waals surface area contributed by atoms with Crippen molar-refractivity contribution < 1.29 is 9.66 Å². The van der Waals surface area contributed by atoms with Gasteiger partial charge in [-0.05, 0) is 24.7 Å². The summed E-state index contributed by atoms with van der Waals surface area (Å²) in [5, 5.41) is 10.8. The molecule has 0 unspecified atom stereocenters. The number of nitrogens with zero attached hydrogens (tertiary/aromatic N) is 1. The van der Waals surface area contributed by atoms with E-state index in [1.54, 1.807) is 17.8 Å².